The standard InChI is InChI=1S/C12H10N4OS.C12H15N3Si.C11H8N2O2S.C10H8N4S.C7H6BrN3.C5H10Si.C4H8Cl2O.B25/c1-7(17)8-2-3-10-9(6-8)11(16-15-10)14-12-13-4-5-18-12;1-16(2,3)7-6-9-4-5-11-10(8-9)12(13)15-14-11;14-9-5-1-3-7-12(9)11(16)13-8-4-2-6-10(13)15;1-2-6-3-4-8-7(5-6)9(14-13-8)12-10(11)15;8-4-1-2-6-5(3-4)7(9)11-10-6;1-5-6(2,3)4;1-2-7-4(6)3-5;1-14-21(15(2)3)24(20(12)13)25(22(16(4)5)17(6)7)23(18(8)9)19(10)11/h2-6H,1H3,(H2,13,14,15,16);4-5,8H,1-3H3,(H3,13,14,15);1-8H;1,3-5H,(H4,11,12,13,14,15);1-3H,(H3,9,10,11);1H,2-4H3;4H,2-3H2,1H3;. The summed E-state index contributed by atoms with van der Waals surface area (Å²) in [6, 6.07) is 32.2. The lowest BCUT2D eigenvalue weighted by atomic mass is 8.35. The largest absolute Gasteiger partial charge is 0.382 e. The van der Waals surface area contributed by atoms with E-state index in [-0.39, 0.29) is 32.7 Å². The van der Waals surface area contributed by atoms with Crippen LogP contribution in [0.3, 0.4) is 0 Å². The zero-order valence-electron chi connectivity index (χ0n) is 64.1. The van der Waals surface area contributed by atoms with Crippen LogP contribution in [-0.2, 0) is 4.74 Å². The number of halogens is 3. The van der Waals surface area contributed by atoms with E-state index in [1.54, 1.807) is 43.5 Å². The van der Waals surface area contributed by atoms with Gasteiger partial charge < -0.3 is 32.6 Å². The number of benzene rings is 4. The van der Waals surface area contributed by atoms with Crippen molar-refractivity contribution in [2.24, 2.45) is 5.73 Å². The van der Waals surface area contributed by atoms with Gasteiger partial charge in [0.05, 0.1) is 27.9 Å². The Morgan fingerprint density at radius 1 is 0.658 bits per heavy atom. The van der Waals surface area contributed by atoms with Gasteiger partial charge in [0.1, 0.15) is 21.7 Å². The first kappa shape index (κ1) is 99.3. The third-order valence-corrected chi connectivity index (χ3v) is 20.1. The lowest BCUT2D eigenvalue weighted by Crippen LogP contribution is -2.85. The molecule has 4 aromatic carbocycles. The van der Waals surface area contributed by atoms with Gasteiger partial charge in [0.15, 0.2) is 44.4 Å². The number of aromatic nitrogens is 11. The number of ketones is 1. The number of fused-ring (bicyclic) bond motifs is 4. The van der Waals surface area contributed by atoms with Gasteiger partial charge in [0.25, 0.3) is 11.1 Å². The van der Waals surface area contributed by atoms with Crippen LogP contribution in [0, 0.1) is 35.8 Å². The van der Waals surface area contributed by atoms with Crippen molar-refractivity contribution < 1.29 is 9.53 Å². The van der Waals surface area contributed by atoms with Crippen molar-refractivity contribution in [2.45, 2.75) is 58.7 Å². The molecule has 53 heteroatoms. The molecule has 0 aliphatic heterocycles. The van der Waals surface area contributed by atoms with Gasteiger partial charge in [-0.25, -0.2) is 4.98 Å². The molecule has 1 unspecified atom stereocenters. The monoisotopic (exact) mass is 1660 g/mol. The van der Waals surface area contributed by atoms with Crippen molar-refractivity contribution in [3.63, 3.8) is 0 Å². The number of hydrogen-bond donors (Lipinski definition) is 9. The van der Waals surface area contributed by atoms with E-state index in [9.17, 15) is 14.4 Å². The molecule has 11 rings (SSSR count). The number of nitrogens with one attached hydrogen (secondary N) is 6. The van der Waals surface area contributed by atoms with Crippen molar-refractivity contribution in [1.29, 1.82) is 0 Å². The van der Waals surface area contributed by atoms with E-state index in [1.807, 2.05) is 79.0 Å². The zero-order valence-corrected chi connectivity index (χ0v) is 71.7. The number of rotatable bonds is 18. The number of carbonyl (C=O) groups excluding carboxylic acids is 1. The summed E-state index contributed by atoms with van der Waals surface area (Å²) in [5, 5.41) is 40.1. The van der Waals surface area contributed by atoms with Crippen molar-refractivity contribution in [3.05, 3.63) is 175 Å². The zero-order chi connectivity index (χ0) is 85.5. The molecule has 0 saturated carbocycles. The van der Waals surface area contributed by atoms with E-state index in [0.717, 1.165) is 64.3 Å². The number of H-pyrrole nitrogens is 4. The molecule has 7 heterocycles. The summed E-state index contributed by atoms with van der Waals surface area (Å²) in [7, 11) is 75.4. The SMILES string of the molecule is C#C[Si](C)(C)C.C#Cc1ccc2[nH]nc(NC(N)=S)c2c1.CC(=O)c1ccc2[nH]nc(Nc3nccs3)c2c1.CCOC(Cl)CCl.C[Si](C)(C)C#Cc1ccc2[nH]nc(N)c2c1.Nc1n[nH]c2ccc(Br)cc12.O=c1ccccn1C(=S)n1ccccc1=O.[B][B]B(B([B])[B])B(B([B])[B])B(B(B([B])[B])B([B])[B])B(B([B])[B])B([B])[B]. The molecule has 0 aliphatic rings. The molecule has 0 bridgehead atoms. The molecule has 535 valence electrons. The van der Waals surface area contributed by atoms with E-state index < -0.39 is 86.4 Å². The second-order valence-electron chi connectivity index (χ2n) is 27.0. The predicted molar refractivity (Wildman–Crippen MR) is 528 cm³/mol. The van der Waals surface area contributed by atoms with E-state index in [4.69, 9.17) is 183 Å². The topological polar surface area (TPSA) is 300 Å². The van der Waals surface area contributed by atoms with Crippen LogP contribution in [0.15, 0.2) is 147 Å². The Labute approximate surface area is 724 Å². The minimum atomic E-state index is -1.32. The Kier molecular flexibility index (Phi) is 42.3. The molecule has 0 fully saturated rings. The van der Waals surface area contributed by atoms with Crippen LogP contribution in [0.4, 0.5) is 28.4 Å². The van der Waals surface area contributed by atoms with Crippen LogP contribution in [0.5, 0.6) is 0 Å². The van der Waals surface area contributed by atoms with Gasteiger partial charge in [-0.05, 0) is 123 Å². The van der Waals surface area contributed by atoms with Gasteiger partial charge in [0, 0.05) is 263 Å². The third kappa shape index (κ3) is 32.1. The van der Waals surface area contributed by atoms with E-state index in [1.165, 1.54) is 52.1 Å². The van der Waals surface area contributed by atoms with E-state index in [0.29, 0.717) is 41.3 Å². The molecule has 0 aliphatic carbocycles. The molecule has 12 N–H and O–H groups in total. The highest BCUT2D eigenvalue weighted by Crippen LogP contribution is 2.27. The quantitative estimate of drug-likeness (QED) is 0.0196. The molecule has 0 amide bonds. The Morgan fingerprint density at radius 3 is 1.53 bits per heavy atom. The Morgan fingerprint density at radius 2 is 1.11 bits per heavy atom. The van der Waals surface area contributed by atoms with Crippen LogP contribution < -0.4 is 39.0 Å². The minimum absolute atomic E-state index is 0.0401. The number of pyridine rings is 2. The van der Waals surface area contributed by atoms with Crippen LogP contribution in [0.2, 0.25) is 39.3 Å². The first-order valence-electron chi connectivity index (χ1n) is 34.8. The number of anilines is 5. The number of thiocarbonyl (C=S) groups is 2. The van der Waals surface area contributed by atoms with Crippen molar-refractivity contribution in [3.8, 4) is 35.8 Å². The highest BCUT2D eigenvalue weighted by Gasteiger charge is 2.48. The molecular formula is C61H65B25BrCl2N16O4S3Si2. The van der Waals surface area contributed by atoms with E-state index >= 15 is 0 Å². The van der Waals surface area contributed by atoms with Crippen LogP contribution in [-0.4, -0.2) is 283 Å². The molecule has 0 saturated heterocycles. The number of ether oxygens (including phenoxy) is 1. The van der Waals surface area contributed by atoms with Gasteiger partial charge >= 0.3 is 0 Å². The number of carbonyl (C=O) groups is 1. The van der Waals surface area contributed by atoms with Crippen molar-refractivity contribution in [2.75, 3.05) is 34.6 Å². The van der Waals surface area contributed by atoms with Crippen molar-refractivity contribution in [1.82, 2.24) is 54.9 Å². The maximum absolute atomic E-state index is 11.5. The molecule has 1 atom stereocenters. The third-order valence-electron chi connectivity index (χ3n) is 16.0. The molecular weight excluding hydrogens is 1590 g/mol. The summed E-state index contributed by atoms with van der Waals surface area (Å²) < 4.78 is 8.33. The summed E-state index contributed by atoms with van der Waals surface area (Å²) in [5.74, 6) is 8.51. The minimum Gasteiger partial charge on any atom is -0.382 e. The van der Waals surface area contributed by atoms with Gasteiger partial charge in [-0.1, -0.05) is 90.8 Å². The average molecular weight is 1660 g/mol. The molecule has 7 aromatic heterocycles. The van der Waals surface area contributed by atoms with Crippen molar-refractivity contribution >= 4 is 357 Å². The molecule has 11 aromatic rings. The van der Waals surface area contributed by atoms with Gasteiger partial charge in [-0.15, -0.1) is 46.9 Å². The number of nitrogens with two attached hydrogens (primary N) is 3. The number of aromatic amines is 4. The van der Waals surface area contributed by atoms with Crippen LogP contribution in [0.1, 0.15) is 35.3 Å². The Hall–Kier alpha value is -7.10. The summed E-state index contributed by atoms with van der Waals surface area (Å²) in [6.45, 7) is 17.2. The number of nitrogen functional groups attached to an aromatic ring is 2. The smallest absolute Gasteiger partial charge is 0.256 e. The highest BCUT2D eigenvalue weighted by atomic mass is 79.9. The predicted octanol–water partition coefficient (Wildman–Crippen LogP) is 2.94. The van der Waals surface area contributed by atoms with Crippen LogP contribution in [0.25, 0.3) is 43.6 Å². The Bertz CT molecular complexity index is 5110. The lowest BCUT2D eigenvalue weighted by molar-refractivity contribution is 0.101. The summed E-state index contributed by atoms with van der Waals surface area (Å²) >= 11 is 25.4. The number of nitrogens with zero attached hydrogens (tertiary/aromatic N) is 7. The average Bonchev–Trinajstić information content (AvgIpc) is 1.31. The van der Waals surface area contributed by atoms with Crippen LogP contribution >= 0.6 is 74.9 Å². The fraction of sp³-hybridized carbons (Fsp3) is 0.180. The normalized spacial score (nSPS) is 10.4. The molecule has 0 spiro atoms. The number of Topliss-reactive ketones (excluding diaryl/α,β-unsaturated/α-hetero) is 1. The first-order valence-corrected chi connectivity index (χ1v) is 45.2. The lowest BCUT2D eigenvalue weighted by Gasteiger charge is -2.47. The number of alkyl halides is 2. The maximum atomic E-state index is 11.5. The summed E-state index contributed by atoms with van der Waals surface area (Å²) in [4.78, 5) is 38.5. The second-order valence-corrected chi connectivity index (χ2v) is 40.0. The second kappa shape index (κ2) is 48.6. The molecule has 27 radical (unpaired) electrons. The Balaban J connectivity index is 0.000000282. The van der Waals surface area contributed by atoms with Gasteiger partial charge in [0.2, 0.25) is 0 Å². The molecule has 20 nitrogen and oxygen atoms in total. The summed E-state index contributed by atoms with van der Waals surface area (Å²) in [5.41, 5.74) is 28.1. The number of thiazole rings is 1. The highest BCUT2D eigenvalue weighted by molar-refractivity contribution is 9.10. The number of hydrogen-bond acceptors (Lipinski definition) is 15. The first-order chi connectivity index (χ1) is 53.6. The molecule has 114 heavy (non-hydrogen) atoms. The number of terminal acetylenes is 2. The summed E-state index contributed by atoms with van der Waals surface area (Å²) in [6.07, 6.45) is 6.02. The van der Waals surface area contributed by atoms with Gasteiger partial charge in [-0.2, -0.15) is 20.4 Å². The van der Waals surface area contributed by atoms with E-state index in [2.05, 4.69) is 135 Å². The van der Waals surface area contributed by atoms with Gasteiger partial charge in [-0.3, -0.25) is 43.9 Å². The fourth-order valence-electron chi connectivity index (χ4n) is 10.5. The maximum Gasteiger partial charge on any atom is 0.256 e. The fourth-order valence-corrected chi connectivity index (χ4v) is 12.5.